The largest absolute Gasteiger partial charge is 0.384 e. The lowest BCUT2D eigenvalue weighted by molar-refractivity contribution is 0.176. The number of aryl methyl sites for hydroxylation is 1. The van der Waals surface area contributed by atoms with Crippen molar-refractivity contribution in [3.8, 4) is 28.3 Å². The number of hydrogen-bond acceptors (Lipinski definition) is 8. The number of hydrogen-bond donors (Lipinski definition) is 2. The van der Waals surface area contributed by atoms with Gasteiger partial charge in [-0.05, 0) is 62.9 Å². The van der Waals surface area contributed by atoms with E-state index in [0.717, 1.165) is 46.5 Å². The second-order valence-electron chi connectivity index (χ2n) is 8.99. The van der Waals surface area contributed by atoms with E-state index in [2.05, 4.69) is 49.7 Å². The van der Waals surface area contributed by atoms with Crippen LogP contribution in [0.25, 0.3) is 39.4 Å². The molecule has 1 aromatic carbocycles. The van der Waals surface area contributed by atoms with Crippen LogP contribution in [0.5, 0.6) is 0 Å². The van der Waals surface area contributed by atoms with Crippen LogP contribution in [0.4, 0.5) is 11.8 Å². The van der Waals surface area contributed by atoms with Gasteiger partial charge in [-0.25, -0.2) is 29.6 Å². The van der Waals surface area contributed by atoms with Crippen LogP contribution in [0.15, 0.2) is 49.1 Å². The third-order valence-corrected chi connectivity index (χ3v) is 6.59. The SMILES string of the molecule is Cc1ncn(-c2ccc(N)nc2-c2nc3cc(-c4cnc(N)nc4)ccc3n2C2(C)CCC2)n1. The van der Waals surface area contributed by atoms with Gasteiger partial charge in [-0.2, -0.15) is 5.10 Å². The predicted molar refractivity (Wildman–Crippen MR) is 130 cm³/mol. The lowest BCUT2D eigenvalue weighted by atomic mass is 9.78. The first-order valence-electron chi connectivity index (χ1n) is 11.2. The minimum absolute atomic E-state index is 0.0578. The van der Waals surface area contributed by atoms with Crippen molar-refractivity contribution >= 4 is 22.8 Å². The molecule has 0 saturated heterocycles. The first kappa shape index (κ1) is 20.3. The van der Waals surface area contributed by atoms with Gasteiger partial charge in [0.15, 0.2) is 5.82 Å². The van der Waals surface area contributed by atoms with Crippen LogP contribution in [0.1, 0.15) is 32.0 Å². The molecule has 34 heavy (non-hydrogen) atoms. The van der Waals surface area contributed by atoms with Crippen LogP contribution < -0.4 is 11.5 Å². The molecule has 0 spiro atoms. The van der Waals surface area contributed by atoms with E-state index in [0.29, 0.717) is 17.3 Å². The molecule has 4 heterocycles. The summed E-state index contributed by atoms with van der Waals surface area (Å²) < 4.78 is 4.03. The smallest absolute Gasteiger partial charge is 0.219 e. The van der Waals surface area contributed by atoms with Crippen LogP contribution in [0.3, 0.4) is 0 Å². The standard InChI is InChI=1S/C24H24N10/c1-14-29-13-33(32-14)19-6-7-20(25)31-21(19)22-30-17-10-15(16-11-27-23(26)28-12-16)4-5-18(17)34(22)24(2)8-3-9-24/h4-7,10-13H,3,8-9H2,1-2H3,(H2,25,31)(H2,26,27,28). The average Bonchev–Trinajstić information content (AvgIpc) is 3.41. The fourth-order valence-corrected chi connectivity index (χ4v) is 4.64. The third kappa shape index (κ3) is 3.18. The molecular formula is C24H24N10. The van der Waals surface area contributed by atoms with Crippen molar-refractivity contribution in [3.05, 3.63) is 54.9 Å². The lowest BCUT2D eigenvalue weighted by Crippen LogP contribution is -2.37. The van der Waals surface area contributed by atoms with Crippen LogP contribution in [-0.2, 0) is 5.54 Å². The van der Waals surface area contributed by atoms with Gasteiger partial charge in [0.25, 0.3) is 0 Å². The molecule has 0 unspecified atom stereocenters. The van der Waals surface area contributed by atoms with Crippen molar-refractivity contribution in [2.45, 2.75) is 38.6 Å². The lowest BCUT2D eigenvalue weighted by Gasteiger charge is -2.41. The van der Waals surface area contributed by atoms with Crippen LogP contribution in [0, 0.1) is 6.92 Å². The summed E-state index contributed by atoms with van der Waals surface area (Å²) in [6, 6.07) is 9.91. The Morgan fingerprint density at radius 3 is 2.41 bits per heavy atom. The van der Waals surface area contributed by atoms with Gasteiger partial charge in [0, 0.05) is 23.5 Å². The summed E-state index contributed by atoms with van der Waals surface area (Å²) in [6.45, 7) is 4.13. The minimum atomic E-state index is -0.0578. The van der Waals surface area contributed by atoms with E-state index in [1.54, 1.807) is 29.5 Å². The average molecular weight is 453 g/mol. The number of pyridine rings is 1. The first-order chi connectivity index (χ1) is 16.4. The summed E-state index contributed by atoms with van der Waals surface area (Å²) in [6.07, 6.45) is 8.44. The highest BCUT2D eigenvalue weighted by atomic mass is 15.3. The van der Waals surface area contributed by atoms with E-state index >= 15 is 0 Å². The molecule has 4 aromatic heterocycles. The number of aromatic nitrogens is 8. The molecule has 0 bridgehead atoms. The summed E-state index contributed by atoms with van der Waals surface area (Å²) in [7, 11) is 0. The van der Waals surface area contributed by atoms with Crippen molar-refractivity contribution in [1.82, 2.24) is 39.3 Å². The molecule has 5 aromatic rings. The Morgan fingerprint density at radius 1 is 0.941 bits per heavy atom. The van der Waals surface area contributed by atoms with E-state index in [9.17, 15) is 0 Å². The zero-order valence-electron chi connectivity index (χ0n) is 19.0. The number of fused-ring (bicyclic) bond motifs is 1. The highest BCUT2D eigenvalue weighted by Crippen LogP contribution is 2.44. The van der Waals surface area contributed by atoms with E-state index in [1.165, 1.54) is 6.42 Å². The topological polar surface area (TPSA) is 139 Å². The number of nitrogens with two attached hydrogens (primary N) is 2. The van der Waals surface area contributed by atoms with Gasteiger partial charge in [-0.15, -0.1) is 0 Å². The summed E-state index contributed by atoms with van der Waals surface area (Å²) in [4.78, 5) is 22.3. The Balaban J connectivity index is 1.60. The van der Waals surface area contributed by atoms with Crippen molar-refractivity contribution in [2.75, 3.05) is 11.5 Å². The molecule has 1 fully saturated rings. The number of imidazole rings is 1. The van der Waals surface area contributed by atoms with Crippen LogP contribution >= 0.6 is 0 Å². The molecule has 170 valence electrons. The second kappa shape index (κ2) is 7.34. The molecule has 10 nitrogen and oxygen atoms in total. The Kier molecular flexibility index (Phi) is 4.38. The maximum atomic E-state index is 6.14. The van der Waals surface area contributed by atoms with Gasteiger partial charge in [0.1, 0.15) is 23.7 Å². The Morgan fingerprint density at radius 2 is 1.74 bits per heavy atom. The molecule has 0 amide bonds. The van der Waals surface area contributed by atoms with Crippen LogP contribution in [0.2, 0.25) is 0 Å². The van der Waals surface area contributed by atoms with E-state index in [-0.39, 0.29) is 11.5 Å². The van der Waals surface area contributed by atoms with Crippen molar-refractivity contribution in [2.24, 2.45) is 0 Å². The summed E-state index contributed by atoms with van der Waals surface area (Å²) >= 11 is 0. The van der Waals surface area contributed by atoms with Crippen LogP contribution in [-0.4, -0.2) is 39.3 Å². The van der Waals surface area contributed by atoms with Gasteiger partial charge in [-0.1, -0.05) is 6.07 Å². The third-order valence-electron chi connectivity index (χ3n) is 6.59. The van der Waals surface area contributed by atoms with Crippen molar-refractivity contribution in [3.63, 3.8) is 0 Å². The highest BCUT2D eigenvalue weighted by molar-refractivity contribution is 5.86. The number of anilines is 2. The van der Waals surface area contributed by atoms with Gasteiger partial charge in [0.2, 0.25) is 5.95 Å². The number of benzene rings is 1. The summed E-state index contributed by atoms with van der Waals surface area (Å²) in [5.41, 5.74) is 17.0. The monoisotopic (exact) mass is 452 g/mol. The maximum absolute atomic E-state index is 6.14. The Bertz CT molecular complexity index is 1530. The zero-order chi connectivity index (χ0) is 23.4. The zero-order valence-corrected chi connectivity index (χ0v) is 19.0. The van der Waals surface area contributed by atoms with Crippen molar-refractivity contribution < 1.29 is 0 Å². The molecule has 1 saturated carbocycles. The highest BCUT2D eigenvalue weighted by Gasteiger charge is 2.38. The second-order valence-corrected chi connectivity index (χ2v) is 8.99. The molecule has 1 aliphatic carbocycles. The van der Waals surface area contributed by atoms with E-state index in [1.807, 2.05) is 13.0 Å². The first-order valence-corrected chi connectivity index (χ1v) is 11.2. The fourth-order valence-electron chi connectivity index (χ4n) is 4.64. The number of nitrogens with zero attached hydrogens (tertiary/aromatic N) is 8. The molecule has 0 aliphatic heterocycles. The quantitative estimate of drug-likeness (QED) is 0.422. The van der Waals surface area contributed by atoms with Gasteiger partial charge in [-0.3, -0.25) is 0 Å². The molecule has 0 radical (unpaired) electrons. The Labute approximate surface area is 195 Å². The molecular weight excluding hydrogens is 428 g/mol. The Hall–Kier alpha value is -4.34. The summed E-state index contributed by atoms with van der Waals surface area (Å²) in [5, 5.41) is 4.50. The van der Waals surface area contributed by atoms with Gasteiger partial charge >= 0.3 is 0 Å². The number of nitrogen functional groups attached to an aromatic ring is 2. The van der Waals surface area contributed by atoms with Crippen molar-refractivity contribution in [1.29, 1.82) is 0 Å². The molecule has 0 atom stereocenters. The molecule has 6 rings (SSSR count). The minimum Gasteiger partial charge on any atom is -0.384 e. The maximum Gasteiger partial charge on any atom is 0.219 e. The van der Waals surface area contributed by atoms with E-state index in [4.69, 9.17) is 21.4 Å². The number of rotatable bonds is 4. The van der Waals surface area contributed by atoms with Gasteiger partial charge < -0.3 is 16.0 Å². The van der Waals surface area contributed by atoms with Gasteiger partial charge in [0.05, 0.1) is 16.7 Å². The van der Waals surface area contributed by atoms with E-state index < -0.39 is 0 Å². The molecule has 4 N–H and O–H groups in total. The molecule has 10 heteroatoms. The fraction of sp³-hybridized carbons (Fsp3) is 0.250. The molecule has 1 aliphatic rings. The normalized spacial score (nSPS) is 14.9. The predicted octanol–water partition coefficient (Wildman–Crippen LogP) is 3.51. The summed E-state index contributed by atoms with van der Waals surface area (Å²) in [5.74, 6) is 2.11.